The summed E-state index contributed by atoms with van der Waals surface area (Å²) in [6.07, 6.45) is 1.52. The van der Waals surface area contributed by atoms with Crippen molar-refractivity contribution in [3.05, 3.63) is 77.5 Å². The molecule has 0 bridgehead atoms. The molecule has 158 valence electrons. The van der Waals surface area contributed by atoms with E-state index in [0.29, 0.717) is 33.2 Å². The minimum atomic E-state index is -0.641. The molecule has 0 spiro atoms. The summed E-state index contributed by atoms with van der Waals surface area (Å²) < 4.78 is 11.8. The van der Waals surface area contributed by atoms with Gasteiger partial charge in [-0.15, -0.1) is 10.2 Å². The zero-order valence-corrected chi connectivity index (χ0v) is 17.9. The number of nitrogen functional groups attached to an aromatic ring is 1. The molecule has 31 heavy (non-hydrogen) atoms. The number of aromatic nitrogens is 3. The van der Waals surface area contributed by atoms with E-state index < -0.39 is 5.25 Å². The highest BCUT2D eigenvalue weighted by atomic mass is 35.5. The van der Waals surface area contributed by atoms with E-state index >= 15 is 0 Å². The normalized spacial score (nSPS) is 11.8. The Morgan fingerprint density at radius 2 is 2.00 bits per heavy atom. The van der Waals surface area contributed by atoms with Gasteiger partial charge in [0.05, 0.1) is 18.4 Å². The third-order valence-electron chi connectivity index (χ3n) is 4.39. The number of furan rings is 1. The Bertz CT molecular complexity index is 1180. The van der Waals surface area contributed by atoms with Crippen LogP contribution in [0.3, 0.4) is 0 Å². The van der Waals surface area contributed by atoms with Gasteiger partial charge in [-0.3, -0.25) is 4.79 Å². The topological polar surface area (TPSA) is 108 Å². The number of carbonyl (C=O) groups excluding carboxylic acids is 1. The van der Waals surface area contributed by atoms with E-state index in [0.717, 1.165) is 5.56 Å². The van der Waals surface area contributed by atoms with E-state index in [1.807, 2.05) is 30.3 Å². The van der Waals surface area contributed by atoms with Crippen molar-refractivity contribution in [2.45, 2.75) is 10.4 Å². The fraction of sp³-hybridized carbons (Fsp3) is 0.0952. The van der Waals surface area contributed by atoms with Gasteiger partial charge in [0.2, 0.25) is 16.9 Å². The van der Waals surface area contributed by atoms with E-state index in [-0.39, 0.29) is 5.91 Å². The Morgan fingerprint density at radius 1 is 1.19 bits per heavy atom. The molecule has 1 amide bonds. The summed E-state index contributed by atoms with van der Waals surface area (Å²) in [5, 5.41) is 11.2. The minimum absolute atomic E-state index is 0.264. The minimum Gasteiger partial charge on any atom is -0.495 e. The van der Waals surface area contributed by atoms with Crippen molar-refractivity contribution in [2.24, 2.45) is 0 Å². The van der Waals surface area contributed by atoms with Gasteiger partial charge in [0.15, 0.2) is 5.76 Å². The number of rotatable bonds is 7. The van der Waals surface area contributed by atoms with Gasteiger partial charge in [-0.2, -0.15) is 0 Å². The molecule has 2 aromatic carbocycles. The third kappa shape index (κ3) is 4.52. The Morgan fingerprint density at radius 3 is 2.68 bits per heavy atom. The number of hydrogen-bond acceptors (Lipinski definition) is 7. The predicted molar refractivity (Wildman–Crippen MR) is 120 cm³/mol. The summed E-state index contributed by atoms with van der Waals surface area (Å²) >= 11 is 7.36. The number of methoxy groups -OCH3 is 1. The lowest BCUT2D eigenvalue weighted by molar-refractivity contribution is -0.115. The van der Waals surface area contributed by atoms with Crippen molar-refractivity contribution in [1.82, 2.24) is 14.9 Å². The number of halogens is 1. The second-order valence-corrected chi connectivity index (χ2v) is 7.88. The summed E-state index contributed by atoms with van der Waals surface area (Å²) in [6, 6.07) is 17.8. The lowest BCUT2D eigenvalue weighted by Gasteiger charge is -2.17. The molecule has 0 radical (unpaired) electrons. The number of nitrogens with zero attached hydrogens (tertiary/aromatic N) is 3. The fourth-order valence-corrected chi connectivity index (χ4v) is 4.11. The number of benzene rings is 2. The zero-order chi connectivity index (χ0) is 21.8. The van der Waals surface area contributed by atoms with Gasteiger partial charge in [0.1, 0.15) is 11.0 Å². The monoisotopic (exact) mass is 455 g/mol. The van der Waals surface area contributed by atoms with Gasteiger partial charge >= 0.3 is 0 Å². The van der Waals surface area contributed by atoms with Crippen LogP contribution >= 0.6 is 23.4 Å². The van der Waals surface area contributed by atoms with Gasteiger partial charge < -0.3 is 20.3 Å². The highest BCUT2D eigenvalue weighted by Crippen LogP contribution is 2.36. The number of nitrogens with one attached hydrogen (secondary N) is 1. The van der Waals surface area contributed by atoms with Crippen LogP contribution < -0.4 is 15.9 Å². The molecule has 0 aliphatic carbocycles. The molecule has 4 aromatic rings. The van der Waals surface area contributed by atoms with Crippen LogP contribution in [0.4, 0.5) is 5.69 Å². The summed E-state index contributed by atoms with van der Waals surface area (Å²) in [7, 11) is 1.53. The largest absolute Gasteiger partial charge is 0.495 e. The molecule has 0 unspecified atom stereocenters. The van der Waals surface area contributed by atoms with Crippen molar-refractivity contribution in [2.75, 3.05) is 18.3 Å². The average molecular weight is 456 g/mol. The predicted octanol–water partition coefficient (Wildman–Crippen LogP) is 4.39. The molecule has 0 saturated heterocycles. The first-order chi connectivity index (χ1) is 15.1. The fourth-order valence-electron chi connectivity index (χ4n) is 2.89. The highest BCUT2D eigenvalue weighted by molar-refractivity contribution is 8.00. The number of hydrogen-bond donors (Lipinski definition) is 2. The van der Waals surface area contributed by atoms with Gasteiger partial charge in [-0.05, 0) is 35.9 Å². The second kappa shape index (κ2) is 9.15. The van der Waals surface area contributed by atoms with Gasteiger partial charge in [-0.25, -0.2) is 4.68 Å². The van der Waals surface area contributed by atoms with Crippen molar-refractivity contribution >= 4 is 35.0 Å². The van der Waals surface area contributed by atoms with Crippen LogP contribution in [0.1, 0.15) is 10.8 Å². The number of thioether (sulfide) groups is 1. The first kappa shape index (κ1) is 20.8. The van der Waals surface area contributed by atoms with E-state index in [1.54, 1.807) is 30.3 Å². The summed E-state index contributed by atoms with van der Waals surface area (Å²) in [6.45, 7) is 0. The van der Waals surface area contributed by atoms with Crippen molar-refractivity contribution in [3.63, 3.8) is 0 Å². The quantitative estimate of drug-likeness (QED) is 0.314. The molecule has 3 N–H and O–H groups in total. The lowest BCUT2D eigenvalue weighted by Crippen LogP contribution is -2.20. The maximum atomic E-state index is 13.2. The molecular weight excluding hydrogens is 438 g/mol. The molecule has 8 nitrogen and oxygen atoms in total. The van der Waals surface area contributed by atoms with Crippen molar-refractivity contribution in [3.8, 4) is 17.3 Å². The van der Waals surface area contributed by atoms with E-state index in [4.69, 9.17) is 26.6 Å². The maximum absolute atomic E-state index is 13.2. The standard InChI is InChI=1S/C21H18ClN5O3S/c1-29-16-10-9-14(12-15(16)22)24-20(28)18(13-6-3-2-4-7-13)31-21-26-25-19(27(21)23)17-8-5-11-30-17/h2-12,18H,23H2,1H3,(H,24,28)/t18-/m0/s1. The van der Waals surface area contributed by atoms with Gasteiger partial charge in [0.25, 0.3) is 0 Å². The SMILES string of the molecule is COc1ccc(NC(=O)[C@@H](Sc2nnc(-c3ccco3)n2N)c2ccccc2)cc1Cl. The zero-order valence-electron chi connectivity index (χ0n) is 16.4. The van der Waals surface area contributed by atoms with Gasteiger partial charge in [0, 0.05) is 5.69 Å². The van der Waals surface area contributed by atoms with Gasteiger partial charge in [-0.1, -0.05) is 53.7 Å². The Hall–Kier alpha value is -3.43. The Balaban J connectivity index is 1.61. The molecule has 0 fully saturated rings. The smallest absolute Gasteiger partial charge is 0.242 e. The van der Waals surface area contributed by atoms with Crippen molar-refractivity contribution < 1.29 is 13.9 Å². The first-order valence-corrected chi connectivity index (χ1v) is 10.4. The van der Waals surface area contributed by atoms with E-state index in [9.17, 15) is 4.79 Å². The number of anilines is 1. The number of nitrogens with two attached hydrogens (primary N) is 1. The lowest BCUT2D eigenvalue weighted by atomic mass is 10.1. The number of carbonyl (C=O) groups is 1. The van der Waals surface area contributed by atoms with Crippen LogP contribution in [0.2, 0.25) is 5.02 Å². The molecule has 0 saturated carbocycles. The van der Waals surface area contributed by atoms with Crippen molar-refractivity contribution in [1.29, 1.82) is 0 Å². The van der Waals surface area contributed by atoms with Crippen LogP contribution in [0.15, 0.2) is 76.5 Å². The summed E-state index contributed by atoms with van der Waals surface area (Å²) in [5.41, 5.74) is 1.33. The molecule has 1 atom stereocenters. The summed E-state index contributed by atoms with van der Waals surface area (Å²) in [4.78, 5) is 13.2. The van der Waals surface area contributed by atoms with Crippen LogP contribution in [-0.4, -0.2) is 27.9 Å². The Labute approximate surface area is 187 Å². The van der Waals surface area contributed by atoms with E-state index in [2.05, 4.69) is 15.5 Å². The second-order valence-electron chi connectivity index (χ2n) is 6.40. The molecule has 0 aliphatic rings. The van der Waals surface area contributed by atoms with Crippen LogP contribution in [0.25, 0.3) is 11.6 Å². The van der Waals surface area contributed by atoms with Crippen LogP contribution in [0, 0.1) is 0 Å². The third-order valence-corrected chi connectivity index (χ3v) is 5.90. The van der Waals surface area contributed by atoms with E-state index in [1.165, 1.54) is 29.8 Å². The molecular formula is C21H18ClN5O3S. The first-order valence-electron chi connectivity index (χ1n) is 9.17. The molecule has 0 aliphatic heterocycles. The Kier molecular flexibility index (Phi) is 6.15. The molecule has 4 rings (SSSR count). The summed E-state index contributed by atoms with van der Waals surface area (Å²) in [5.74, 6) is 7.28. The molecule has 2 heterocycles. The van der Waals surface area contributed by atoms with Crippen LogP contribution in [-0.2, 0) is 4.79 Å². The number of amides is 1. The molecule has 2 aromatic heterocycles. The number of ether oxygens (including phenoxy) is 1. The van der Waals surface area contributed by atoms with Crippen LogP contribution in [0.5, 0.6) is 5.75 Å². The molecule has 10 heteroatoms. The maximum Gasteiger partial charge on any atom is 0.242 e. The highest BCUT2D eigenvalue weighted by Gasteiger charge is 2.26. The average Bonchev–Trinajstić information content (AvgIpc) is 3.42.